The number of carbonyl (C=O) groups is 2. The molecule has 4 atom stereocenters. The molecule has 4 rings (SSSR count). The summed E-state index contributed by atoms with van der Waals surface area (Å²) in [5, 5.41) is 0. The molecule has 0 unspecified atom stereocenters. The van der Waals surface area contributed by atoms with Crippen LogP contribution >= 0.6 is 0 Å². The van der Waals surface area contributed by atoms with Crippen molar-refractivity contribution >= 4 is 11.9 Å². The minimum Gasteiger partial charge on any atom is -0.449 e. The molecule has 0 saturated carbocycles. The Morgan fingerprint density at radius 3 is 2.79 bits per heavy atom. The van der Waals surface area contributed by atoms with Crippen molar-refractivity contribution in [2.75, 3.05) is 0 Å². The number of hydrogen-bond donors (Lipinski definition) is 0. The van der Waals surface area contributed by atoms with Gasteiger partial charge in [0.15, 0.2) is 0 Å². The van der Waals surface area contributed by atoms with Crippen LogP contribution < -0.4 is 0 Å². The van der Waals surface area contributed by atoms with Gasteiger partial charge in [0, 0.05) is 13.0 Å². The van der Waals surface area contributed by atoms with Crippen LogP contribution in [0, 0.1) is 0 Å². The first kappa shape index (κ1) is 15.1. The second-order valence-corrected chi connectivity index (χ2v) is 6.45. The van der Waals surface area contributed by atoms with Gasteiger partial charge in [-0.15, -0.1) is 6.58 Å². The lowest BCUT2D eigenvalue weighted by Gasteiger charge is -2.56. The van der Waals surface area contributed by atoms with Crippen LogP contribution in [0.2, 0.25) is 0 Å². The zero-order valence-electron chi connectivity index (χ0n) is 13.3. The summed E-state index contributed by atoms with van der Waals surface area (Å²) in [6.07, 6.45) is 5.25. The number of carbonyl (C=O) groups excluding carboxylic acids is 2. The van der Waals surface area contributed by atoms with Gasteiger partial charge in [-0.3, -0.25) is 9.59 Å². The van der Waals surface area contributed by atoms with E-state index in [1.54, 1.807) is 0 Å². The number of esters is 1. The highest BCUT2D eigenvalue weighted by atomic mass is 16.6. The molecular formula is C19H19NO4. The number of amides is 1. The molecule has 3 aliphatic heterocycles. The van der Waals surface area contributed by atoms with Crippen LogP contribution in [-0.4, -0.2) is 40.6 Å². The number of ether oxygens (including phenoxy) is 2. The number of β-lactam (4-membered cyclic amide) rings is 1. The van der Waals surface area contributed by atoms with Crippen LogP contribution in [0.3, 0.4) is 0 Å². The van der Waals surface area contributed by atoms with Gasteiger partial charge in [-0.05, 0) is 5.56 Å². The van der Waals surface area contributed by atoms with Gasteiger partial charge in [-0.2, -0.15) is 0 Å². The molecular weight excluding hydrogens is 306 g/mol. The lowest BCUT2D eigenvalue weighted by atomic mass is 9.71. The Bertz CT molecular complexity index is 713. The van der Waals surface area contributed by atoms with E-state index < -0.39 is 17.6 Å². The van der Waals surface area contributed by atoms with Gasteiger partial charge in [0.1, 0.15) is 11.6 Å². The van der Waals surface area contributed by atoms with E-state index in [-0.39, 0.29) is 24.5 Å². The van der Waals surface area contributed by atoms with Gasteiger partial charge in [-0.25, -0.2) is 0 Å². The molecule has 3 heterocycles. The topological polar surface area (TPSA) is 55.8 Å². The minimum atomic E-state index is -0.770. The summed E-state index contributed by atoms with van der Waals surface area (Å²) in [4.78, 5) is 26.4. The molecule has 24 heavy (non-hydrogen) atoms. The Balaban J connectivity index is 1.60. The van der Waals surface area contributed by atoms with E-state index in [0.29, 0.717) is 13.0 Å². The van der Waals surface area contributed by atoms with E-state index in [2.05, 4.69) is 6.58 Å². The van der Waals surface area contributed by atoms with Gasteiger partial charge < -0.3 is 14.4 Å². The monoisotopic (exact) mass is 325 g/mol. The molecule has 5 heteroatoms. The van der Waals surface area contributed by atoms with Gasteiger partial charge in [-0.1, -0.05) is 48.6 Å². The Hall–Kier alpha value is -2.40. The average Bonchev–Trinajstić information content (AvgIpc) is 3.21. The molecule has 0 radical (unpaired) electrons. The first-order valence-electron chi connectivity index (χ1n) is 8.15. The number of rotatable bonds is 5. The van der Waals surface area contributed by atoms with E-state index in [4.69, 9.17) is 9.47 Å². The third-order valence-corrected chi connectivity index (χ3v) is 5.03. The maximum absolute atomic E-state index is 12.7. The first-order valence-corrected chi connectivity index (χ1v) is 8.15. The largest absolute Gasteiger partial charge is 0.449 e. The van der Waals surface area contributed by atoms with Crippen molar-refractivity contribution in [2.45, 2.75) is 43.2 Å². The minimum absolute atomic E-state index is 0.0121. The second kappa shape index (κ2) is 5.60. The molecule has 5 nitrogen and oxygen atoms in total. The van der Waals surface area contributed by atoms with Gasteiger partial charge >= 0.3 is 5.97 Å². The molecule has 2 bridgehead atoms. The van der Waals surface area contributed by atoms with Crippen molar-refractivity contribution in [3.05, 3.63) is 60.7 Å². The Kier molecular flexibility index (Phi) is 3.53. The molecule has 3 aliphatic rings. The fraction of sp³-hybridized carbons (Fsp3) is 0.368. The van der Waals surface area contributed by atoms with Crippen molar-refractivity contribution in [1.29, 1.82) is 0 Å². The summed E-state index contributed by atoms with van der Waals surface area (Å²) < 4.78 is 11.4. The fourth-order valence-corrected chi connectivity index (χ4v) is 3.94. The van der Waals surface area contributed by atoms with Crippen molar-refractivity contribution in [1.82, 2.24) is 4.90 Å². The lowest BCUT2D eigenvalue weighted by Crippen LogP contribution is -2.78. The van der Waals surface area contributed by atoms with Crippen LogP contribution in [0.1, 0.15) is 18.4 Å². The van der Waals surface area contributed by atoms with Crippen molar-refractivity contribution < 1.29 is 19.1 Å². The molecule has 0 N–H and O–H groups in total. The van der Waals surface area contributed by atoms with Crippen LogP contribution in [0.25, 0.3) is 0 Å². The predicted molar refractivity (Wildman–Crippen MR) is 86.8 cm³/mol. The number of benzene rings is 1. The van der Waals surface area contributed by atoms with Gasteiger partial charge in [0.25, 0.3) is 5.91 Å². The highest BCUT2D eigenvalue weighted by Gasteiger charge is 2.70. The maximum Gasteiger partial charge on any atom is 0.310 e. The van der Waals surface area contributed by atoms with Crippen LogP contribution in [0.5, 0.6) is 0 Å². The molecule has 0 aliphatic carbocycles. The summed E-state index contributed by atoms with van der Waals surface area (Å²) >= 11 is 0. The molecule has 124 valence electrons. The molecule has 2 saturated heterocycles. The van der Waals surface area contributed by atoms with Gasteiger partial charge in [0.2, 0.25) is 6.10 Å². The second-order valence-electron chi connectivity index (χ2n) is 6.45. The Morgan fingerprint density at radius 1 is 1.38 bits per heavy atom. The standard InChI is InChI=1S/C19H19NO4/c1-2-6-16(21)24-17-18(22)20(12-13-7-4-3-5-8-13)19(17)11-14-9-10-15(19)23-14/h2-5,7-10,14-15,17H,1,6,11-12H2/t14-,15+,17-,19-/m0/s1. The molecule has 1 aromatic carbocycles. The normalized spacial score (nSPS) is 32.9. The van der Waals surface area contributed by atoms with E-state index in [9.17, 15) is 9.59 Å². The zero-order chi connectivity index (χ0) is 16.7. The third-order valence-electron chi connectivity index (χ3n) is 5.03. The molecule has 0 aromatic heterocycles. The molecule has 1 amide bonds. The number of nitrogens with zero attached hydrogens (tertiary/aromatic N) is 1. The number of likely N-dealkylation sites (tertiary alicyclic amines) is 1. The Labute approximate surface area is 140 Å². The quantitative estimate of drug-likeness (QED) is 0.472. The van der Waals surface area contributed by atoms with Crippen LogP contribution in [-0.2, 0) is 25.6 Å². The SMILES string of the molecule is C=CCC(=O)O[C@H]1C(=O)N(Cc2ccccc2)[C@]12C[C@@H]1C=C[C@H]2O1. The van der Waals surface area contributed by atoms with Crippen LogP contribution in [0.4, 0.5) is 0 Å². The smallest absolute Gasteiger partial charge is 0.310 e. The zero-order valence-corrected chi connectivity index (χ0v) is 13.3. The number of fused-ring (bicyclic) bond motifs is 3. The van der Waals surface area contributed by atoms with Gasteiger partial charge in [0.05, 0.1) is 12.5 Å². The average molecular weight is 325 g/mol. The molecule has 1 aromatic rings. The lowest BCUT2D eigenvalue weighted by molar-refractivity contribution is -0.205. The predicted octanol–water partition coefficient (Wildman–Crippen LogP) is 1.98. The molecule has 2 fully saturated rings. The van der Waals surface area contributed by atoms with E-state index >= 15 is 0 Å². The maximum atomic E-state index is 12.7. The van der Waals surface area contributed by atoms with Crippen LogP contribution in [0.15, 0.2) is 55.1 Å². The summed E-state index contributed by atoms with van der Waals surface area (Å²) in [6, 6.07) is 9.82. The highest BCUT2D eigenvalue weighted by molar-refractivity contribution is 5.93. The van der Waals surface area contributed by atoms with Crippen molar-refractivity contribution in [2.24, 2.45) is 0 Å². The summed E-state index contributed by atoms with van der Waals surface area (Å²) in [5.74, 6) is -0.574. The highest BCUT2D eigenvalue weighted by Crippen LogP contribution is 2.51. The third kappa shape index (κ3) is 2.12. The first-order chi connectivity index (χ1) is 11.6. The summed E-state index contributed by atoms with van der Waals surface area (Å²) in [6.45, 7) is 4.03. The van der Waals surface area contributed by atoms with E-state index in [1.165, 1.54) is 6.08 Å². The summed E-state index contributed by atoms with van der Waals surface area (Å²) in [7, 11) is 0. The van der Waals surface area contributed by atoms with E-state index in [1.807, 2.05) is 47.4 Å². The van der Waals surface area contributed by atoms with Crippen molar-refractivity contribution in [3.8, 4) is 0 Å². The fourth-order valence-electron chi connectivity index (χ4n) is 3.94. The van der Waals surface area contributed by atoms with Crippen molar-refractivity contribution in [3.63, 3.8) is 0 Å². The van der Waals surface area contributed by atoms with E-state index in [0.717, 1.165) is 5.56 Å². The Morgan fingerprint density at radius 2 is 2.17 bits per heavy atom. The number of hydrogen-bond acceptors (Lipinski definition) is 4. The summed E-state index contributed by atoms with van der Waals surface area (Å²) in [5.41, 5.74) is 0.469. The molecule has 1 spiro atoms.